The molecule has 1 N–H and O–H groups in total. The van der Waals surface area contributed by atoms with Gasteiger partial charge in [-0.2, -0.15) is 0 Å². The highest BCUT2D eigenvalue weighted by molar-refractivity contribution is 9.10. The molecule has 0 atom stereocenters. The number of hydrogen-bond donors (Lipinski definition) is 1. The third kappa shape index (κ3) is 3.33. The second kappa shape index (κ2) is 5.85. The molecule has 0 radical (unpaired) electrons. The van der Waals surface area contributed by atoms with Crippen LogP contribution in [0.15, 0.2) is 28.7 Å². The lowest BCUT2D eigenvalue weighted by Crippen LogP contribution is -2.31. The molecule has 0 aromatic heterocycles. The van der Waals surface area contributed by atoms with E-state index in [2.05, 4.69) is 21.2 Å². The fraction of sp³-hybridized carbons (Fsp3) is 0.500. The van der Waals surface area contributed by atoms with Gasteiger partial charge in [-0.1, -0.05) is 12.1 Å². The third-order valence-corrected chi connectivity index (χ3v) is 4.23. The number of carbonyl (C=O) groups excluding carboxylic acids is 1. The van der Waals surface area contributed by atoms with Gasteiger partial charge in [-0.15, -0.1) is 0 Å². The van der Waals surface area contributed by atoms with Gasteiger partial charge in [-0.3, -0.25) is 4.79 Å². The topological polar surface area (TPSA) is 38.3 Å². The first-order valence-electron chi connectivity index (χ1n) is 6.19. The van der Waals surface area contributed by atoms with Gasteiger partial charge in [0.05, 0.1) is 5.56 Å². The molecule has 1 aromatic rings. The van der Waals surface area contributed by atoms with Crippen LogP contribution in [0.2, 0.25) is 0 Å². The lowest BCUT2D eigenvalue weighted by molar-refractivity contribution is 0.0937. The van der Waals surface area contributed by atoms with Crippen molar-refractivity contribution >= 4 is 21.8 Å². The Balaban J connectivity index is 1.87. The molecular formula is C14H18BrNO2. The van der Waals surface area contributed by atoms with E-state index in [1.807, 2.05) is 24.3 Å². The van der Waals surface area contributed by atoms with Crippen LogP contribution in [0.4, 0.5) is 0 Å². The Hall–Kier alpha value is -0.870. The largest absolute Gasteiger partial charge is 0.385 e. The van der Waals surface area contributed by atoms with Crippen LogP contribution in [0.5, 0.6) is 0 Å². The van der Waals surface area contributed by atoms with Crippen molar-refractivity contribution in [3.8, 4) is 0 Å². The van der Waals surface area contributed by atoms with Crippen molar-refractivity contribution in [1.29, 1.82) is 0 Å². The summed E-state index contributed by atoms with van der Waals surface area (Å²) in [5.74, 6) is -0.00818. The number of rotatable bonds is 6. The van der Waals surface area contributed by atoms with Crippen molar-refractivity contribution in [2.75, 3.05) is 20.3 Å². The summed E-state index contributed by atoms with van der Waals surface area (Å²) in [5.41, 5.74) is 0.979. The summed E-state index contributed by atoms with van der Waals surface area (Å²) >= 11 is 3.39. The zero-order valence-corrected chi connectivity index (χ0v) is 12.1. The van der Waals surface area contributed by atoms with Gasteiger partial charge in [0, 0.05) is 24.7 Å². The quantitative estimate of drug-likeness (QED) is 0.877. The van der Waals surface area contributed by atoms with Gasteiger partial charge < -0.3 is 10.1 Å². The van der Waals surface area contributed by atoms with Crippen LogP contribution in [-0.4, -0.2) is 26.2 Å². The molecule has 0 bridgehead atoms. The highest BCUT2D eigenvalue weighted by atomic mass is 79.9. The summed E-state index contributed by atoms with van der Waals surface area (Å²) < 4.78 is 5.95. The van der Waals surface area contributed by atoms with Gasteiger partial charge in [0.2, 0.25) is 0 Å². The number of amides is 1. The summed E-state index contributed by atoms with van der Waals surface area (Å²) in [6.45, 7) is 1.52. The van der Waals surface area contributed by atoms with Crippen molar-refractivity contribution in [2.45, 2.75) is 19.3 Å². The summed E-state index contributed by atoms with van der Waals surface area (Å²) in [4.78, 5) is 12.0. The maximum atomic E-state index is 12.0. The molecule has 0 saturated heterocycles. The first-order valence-corrected chi connectivity index (χ1v) is 6.98. The number of carbonyl (C=O) groups is 1. The van der Waals surface area contributed by atoms with Gasteiger partial charge in [0.1, 0.15) is 0 Å². The first-order chi connectivity index (χ1) is 8.67. The van der Waals surface area contributed by atoms with Gasteiger partial charge in [-0.05, 0) is 52.7 Å². The maximum absolute atomic E-state index is 12.0. The van der Waals surface area contributed by atoms with E-state index in [-0.39, 0.29) is 11.3 Å². The number of nitrogens with one attached hydrogen (secondary N) is 1. The maximum Gasteiger partial charge on any atom is 0.252 e. The molecule has 1 aliphatic carbocycles. The van der Waals surface area contributed by atoms with E-state index in [1.165, 1.54) is 12.8 Å². The predicted molar refractivity (Wildman–Crippen MR) is 74.6 cm³/mol. The fourth-order valence-electron chi connectivity index (χ4n) is 2.02. The van der Waals surface area contributed by atoms with Gasteiger partial charge in [-0.25, -0.2) is 0 Å². The van der Waals surface area contributed by atoms with E-state index in [4.69, 9.17) is 4.74 Å². The number of methoxy groups -OCH3 is 1. The Morgan fingerprint density at radius 2 is 2.17 bits per heavy atom. The molecule has 0 unspecified atom stereocenters. The number of ether oxygens (including phenoxy) is 1. The van der Waals surface area contributed by atoms with E-state index >= 15 is 0 Å². The monoisotopic (exact) mass is 311 g/mol. The minimum atomic E-state index is -0.00818. The van der Waals surface area contributed by atoms with Crippen LogP contribution in [0, 0.1) is 5.41 Å². The first kappa shape index (κ1) is 13.6. The Bertz CT molecular complexity index is 430. The molecule has 1 aromatic carbocycles. The molecule has 1 saturated carbocycles. The van der Waals surface area contributed by atoms with Crippen molar-refractivity contribution in [3.05, 3.63) is 34.3 Å². The summed E-state index contributed by atoms with van der Waals surface area (Å²) in [6.07, 6.45) is 3.40. The Morgan fingerprint density at radius 3 is 2.78 bits per heavy atom. The Labute approximate surface area is 116 Å². The molecule has 0 heterocycles. The van der Waals surface area contributed by atoms with Crippen molar-refractivity contribution in [2.24, 2.45) is 5.41 Å². The van der Waals surface area contributed by atoms with E-state index in [9.17, 15) is 4.79 Å². The number of benzene rings is 1. The van der Waals surface area contributed by atoms with E-state index in [0.717, 1.165) is 24.0 Å². The van der Waals surface area contributed by atoms with Crippen LogP contribution in [0.3, 0.4) is 0 Å². The number of hydrogen-bond acceptors (Lipinski definition) is 2. The lowest BCUT2D eigenvalue weighted by Gasteiger charge is -2.15. The molecule has 2 rings (SSSR count). The van der Waals surface area contributed by atoms with Crippen LogP contribution in [-0.2, 0) is 4.74 Å². The minimum Gasteiger partial charge on any atom is -0.385 e. The number of halogens is 1. The molecule has 1 fully saturated rings. The average Bonchev–Trinajstić information content (AvgIpc) is 3.15. The highest BCUT2D eigenvalue weighted by Crippen LogP contribution is 2.48. The van der Waals surface area contributed by atoms with Crippen LogP contribution in [0.25, 0.3) is 0 Å². The zero-order chi connectivity index (χ0) is 13.0. The summed E-state index contributed by atoms with van der Waals surface area (Å²) in [7, 11) is 1.72. The van der Waals surface area contributed by atoms with E-state index < -0.39 is 0 Å². The molecule has 4 heteroatoms. The standard InChI is InChI=1S/C14H18BrNO2/c1-18-9-8-14(6-7-14)10-16-13(17)11-4-2-3-5-12(11)15/h2-5H,6-10H2,1H3,(H,16,17). The smallest absolute Gasteiger partial charge is 0.252 e. The average molecular weight is 312 g/mol. The van der Waals surface area contributed by atoms with Crippen LogP contribution >= 0.6 is 15.9 Å². The third-order valence-electron chi connectivity index (χ3n) is 3.54. The molecule has 0 aliphatic heterocycles. The normalized spacial score (nSPS) is 16.3. The SMILES string of the molecule is COCCC1(CNC(=O)c2ccccc2Br)CC1. The lowest BCUT2D eigenvalue weighted by atomic mass is 10.0. The predicted octanol–water partition coefficient (Wildman–Crippen LogP) is 3.00. The summed E-state index contributed by atoms with van der Waals surface area (Å²) in [5, 5.41) is 3.03. The van der Waals surface area contributed by atoms with Crippen molar-refractivity contribution < 1.29 is 9.53 Å². The van der Waals surface area contributed by atoms with Gasteiger partial charge >= 0.3 is 0 Å². The zero-order valence-electron chi connectivity index (χ0n) is 10.5. The van der Waals surface area contributed by atoms with Gasteiger partial charge in [0.25, 0.3) is 5.91 Å². The van der Waals surface area contributed by atoms with Crippen molar-refractivity contribution in [3.63, 3.8) is 0 Å². The highest BCUT2D eigenvalue weighted by Gasteiger charge is 2.42. The molecule has 98 valence electrons. The Kier molecular flexibility index (Phi) is 4.40. The Morgan fingerprint density at radius 1 is 1.44 bits per heavy atom. The molecule has 18 heavy (non-hydrogen) atoms. The molecule has 1 amide bonds. The second-order valence-corrected chi connectivity index (χ2v) is 5.76. The van der Waals surface area contributed by atoms with E-state index in [0.29, 0.717) is 5.56 Å². The van der Waals surface area contributed by atoms with Crippen LogP contribution < -0.4 is 5.32 Å². The molecular weight excluding hydrogens is 294 g/mol. The van der Waals surface area contributed by atoms with Crippen molar-refractivity contribution in [1.82, 2.24) is 5.32 Å². The fourth-order valence-corrected chi connectivity index (χ4v) is 2.48. The van der Waals surface area contributed by atoms with E-state index in [1.54, 1.807) is 7.11 Å². The van der Waals surface area contributed by atoms with Gasteiger partial charge in [0.15, 0.2) is 0 Å². The summed E-state index contributed by atoms with van der Waals surface area (Å²) in [6, 6.07) is 7.49. The molecule has 3 nitrogen and oxygen atoms in total. The second-order valence-electron chi connectivity index (χ2n) is 4.91. The van der Waals surface area contributed by atoms with Crippen LogP contribution in [0.1, 0.15) is 29.6 Å². The molecule has 0 spiro atoms. The molecule has 1 aliphatic rings. The minimum absolute atomic E-state index is 0.00818.